The van der Waals surface area contributed by atoms with Crippen LogP contribution >= 0.6 is 0 Å². The van der Waals surface area contributed by atoms with Gasteiger partial charge in [0, 0.05) is 23.6 Å². The summed E-state index contributed by atoms with van der Waals surface area (Å²) in [5.41, 5.74) is 0.410. The first-order valence-electron chi connectivity index (χ1n) is 7.39. The number of fused-ring (bicyclic) bond motifs is 1. The summed E-state index contributed by atoms with van der Waals surface area (Å²) in [6.45, 7) is 1.51. The van der Waals surface area contributed by atoms with Gasteiger partial charge in [0.2, 0.25) is 0 Å². The molecular weight excluding hydrogens is 326 g/mol. The fourth-order valence-electron chi connectivity index (χ4n) is 2.31. The minimum Gasteiger partial charge on any atom is -0.489 e. The number of hydrogen-bond donors (Lipinski definition) is 0. The molecule has 7 heteroatoms. The molecule has 1 aromatic heterocycles. The van der Waals surface area contributed by atoms with Crippen LogP contribution in [0.2, 0.25) is 0 Å². The van der Waals surface area contributed by atoms with Gasteiger partial charge >= 0.3 is 5.63 Å². The Labute approximate surface area is 141 Å². The summed E-state index contributed by atoms with van der Waals surface area (Å²) in [5.74, 6) is 0.124. The van der Waals surface area contributed by atoms with E-state index >= 15 is 0 Å². The monoisotopic (exact) mass is 339 g/mol. The minimum atomic E-state index is -0.687. The second-order valence-electron chi connectivity index (χ2n) is 5.42. The first-order valence-corrected chi connectivity index (χ1v) is 7.39. The lowest BCUT2D eigenvalue weighted by Gasteiger charge is -2.07. The first kappa shape index (κ1) is 16.4. The van der Waals surface area contributed by atoms with Crippen LogP contribution in [-0.4, -0.2) is 10.7 Å². The Hall–Kier alpha value is -3.48. The maximum absolute atomic E-state index is 11.8. The van der Waals surface area contributed by atoms with Gasteiger partial charge in [-0.05, 0) is 42.8 Å². The van der Waals surface area contributed by atoms with Crippen molar-refractivity contribution in [3.8, 4) is 5.75 Å². The summed E-state index contributed by atoms with van der Waals surface area (Å²) < 4.78 is 10.8. The van der Waals surface area contributed by atoms with Crippen molar-refractivity contribution in [2.45, 2.75) is 13.5 Å². The van der Waals surface area contributed by atoms with Crippen LogP contribution in [0.5, 0.6) is 5.75 Å². The highest BCUT2D eigenvalue weighted by Crippen LogP contribution is 2.22. The van der Waals surface area contributed by atoms with Crippen molar-refractivity contribution in [1.29, 1.82) is 0 Å². The van der Waals surface area contributed by atoms with Crippen molar-refractivity contribution in [3.05, 3.63) is 80.2 Å². The van der Waals surface area contributed by atoms with Crippen LogP contribution in [0, 0.1) is 10.1 Å². The molecule has 3 aromatic rings. The predicted octanol–water partition coefficient (Wildman–Crippen LogP) is 3.48. The van der Waals surface area contributed by atoms with Crippen molar-refractivity contribution in [3.63, 3.8) is 0 Å². The van der Waals surface area contributed by atoms with Gasteiger partial charge in [-0.3, -0.25) is 14.9 Å². The van der Waals surface area contributed by atoms with Crippen molar-refractivity contribution >= 4 is 22.4 Å². The number of hydrogen-bond acceptors (Lipinski definition) is 6. The summed E-state index contributed by atoms with van der Waals surface area (Å²) >= 11 is 0. The first-order chi connectivity index (χ1) is 11.9. The number of nitrogens with zero attached hydrogens (tertiary/aromatic N) is 1. The SMILES string of the molecule is CC(=O)c1cc2ccc(OCc3ccc([N+](=O)[O-])cc3)cc2oc1=O. The Bertz CT molecular complexity index is 1020. The van der Waals surface area contributed by atoms with Gasteiger partial charge in [0.25, 0.3) is 5.69 Å². The van der Waals surface area contributed by atoms with E-state index in [1.165, 1.54) is 25.1 Å². The van der Waals surface area contributed by atoms with Crippen LogP contribution < -0.4 is 10.4 Å². The van der Waals surface area contributed by atoms with Crippen LogP contribution in [0.15, 0.2) is 57.7 Å². The number of nitro groups is 1. The Kier molecular flexibility index (Phi) is 4.30. The molecule has 0 fully saturated rings. The number of carbonyl (C=O) groups is 1. The van der Waals surface area contributed by atoms with Crippen LogP contribution in [0.25, 0.3) is 11.0 Å². The number of benzene rings is 2. The Morgan fingerprint density at radius 1 is 1.16 bits per heavy atom. The van der Waals surface area contributed by atoms with Gasteiger partial charge in [-0.2, -0.15) is 0 Å². The van der Waals surface area contributed by atoms with E-state index in [0.717, 1.165) is 5.56 Å². The summed E-state index contributed by atoms with van der Waals surface area (Å²) in [5, 5.41) is 11.2. The van der Waals surface area contributed by atoms with Gasteiger partial charge in [-0.1, -0.05) is 0 Å². The molecule has 25 heavy (non-hydrogen) atoms. The molecule has 0 amide bonds. The molecule has 0 aliphatic heterocycles. The zero-order chi connectivity index (χ0) is 18.0. The largest absolute Gasteiger partial charge is 0.489 e. The standard InChI is InChI=1S/C18H13NO6/c1-11(20)16-8-13-4-7-15(9-17(13)25-18(16)21)24-10-12-2-5-14(6-3-12)19(22)23/h2-9H,10H2,1H3. The second-order valence-corrected chi connectivity index (χ2v) is 5.42. The minimum absolute atomic E-state index is 0.00653. The topological polar surface area (TPSA) is 99.7 Å². The Balaban J connectivity index is 1.80. The smallest absolute Gasteiger partial charge is 0.347 e. The number of nitro benzene ring substituents is 1. The van der Waals surface area contributed by atoms with E-state index in [9.17, 15) is 19.7 Å². The maximum atomic E-state index is 11.8. The van der Waals surface area contributed by atoms with Gasteiger partial charge in [0.15, 0.2) is 5.78 Å². The molecule has 0 N–H and O–H groups in total. The average molecular weight is 339 g/mol. The van der Waals surface area contributed by atoms with Gasteiger partial charge in [-0.25, -0.2) is 4.79 Å². The van der Waals surface area contributed by atoms with E-state index in [1.807, 2.05) is 0 Å². The summed E-state index contributed by atoms with van der Waals surface area (Å²) in [7, 11) is 0. The molecule has 0 bridgehead atoms. The third kappa shape index (κ3) is 3.55. The molecule has 0 radical (unpaired) electrons. The molecule has 0 unspecified atom stereocenters. The van der Waals surface area contributed by atoms with Gasteiger partial charge in [0.05, 0.1) is 4.92 Å². The number of ketones is 1. The third-order valence-corrected chi connectivity index (χ3v) is 3.64. The highest BCUT2D eigenvalue weighted by atomic mass is 16.6. The summed E-state index contributed by atoms with van der Waals surface area (Å²) in [6, 6.07) is 12.5. The highest BCUT2D eigenvalue weighted by molar-refractivity contribution is 5.96. The lowest BCUT2D eigenvalue weighted by Crippen LogP contribution is -2.10. The molecule has 7 nitrogen and oxygen atoms in total. The predicted molar refractivity (Wildman–Crippen MR) is 89.9 cm³/mol. The van der Waals surface area contributed by atoms with E-state index < -0.39 is 10.5 Å². The molecule has 0 atom stereocenters. The summed E-state index contributed by atoms with van der Waals surface area (Å²) in [6.07, 6.45) is 0. The molecule has 126 valence electrons. The van der Waals surface area contributed by atoms with Gasteiger partial charge < -0.3 is 9.15 Å². The molecule has 0 saturated heterocycles. The zero-order valence-electron chi connectivity index (χ0n) is 13.2. The third-order valence-electron chi connectivity index (χ3n) is 3.64. The highest BCUT2D eigenvalue weighted by Gasteiger charge is 2.10. The number of rotatable bonds is 5. The maximum Gasteiger partial charge on any atom is 0.347 e. The van der Waals surface area contributed by atoms with Crippen molar-refractivity contribution < 1.29 is 18.9 Å². The Morgan fingerprint density at radius 2 is 1.88 bits per heavy atom. The second kappa shape index (κ2) is 6.56. The van der Waals surface area contributed by atoms with Crippen molar-refractivity contribution in [2.75, 3.05) is 0 Å². The molecule has 3 rings (SSSR count). The fourth-order valence-corrected chi connectivity index (χ4v) is 2.31. The van der Waals surface area contributed by atoms with E-state index in [0.29, 0.717) is 16.7 Å². The molecule has 1 heterocycles. The lowest BCUT2D eigenvalue weighted by atomic mass is 10.1. The van der Waals surface area contributed by atoms with Crippen molar-refractivity contribution in [1.82, 2.24) is 0 Å². The summed E-state index contributed by atoms with van der Waals surface area (Å²) in [4.78, 5) is 33.3. The van der Waals surface area contributed by atoms with Gasteiger partial charge in [-0.15, -0.1) is 0 Å². The Morgan fingerprint density at radius 3 is 2.52 bits per heavy atom. The lowest BCUT2D eigenvalue weighted by molar-refractivity contribution is -0.384. The molecular formula is C18H13NO6. The molecule has 0 saturated carbocycles. The van der Waals surface area contributed by atoms with E-state index in [2.05, 4.69) is 0 Å². The normalized spacial score (nSPS) is 10.6. The van der Waals surface area contributed by atoms with E-state index in [4.69, 9.17) is 9.15 Å². The number of Topliss-reactive ketones (excluding diaryl/α,β-unsaturated/α-hetero) is 1. The number of ether oxygens (including phenoxy) is 1. The number of non-ortho nitro benzene ring substituents is 1. The van der Waals surface area contributed by atoms with Crippen LogP contribution in [0.1, 0.15) is 22.8 Å². The van der Waals surface area contributed by atoms with E-state index in [-0.39, 0.29) is 23.6 Å². The van der Waals surface area contributed by atoms with Gasteiger partial charge in [0.1, 0.15) is 23.5 Å². The molecule has 2 aromatic carbocycles. The van der Waals surface area contributed by atoms with Crippen LogP contribution in [0.4, 0.5) is 5.69 Å². The molecule has 0 aliphatic carbocycles. The fraction of sp³-hybridized carbons (Fsp3) is 0.111. The molecule has 0 aliphatic rings. The zero-order valence-corrected chi connectivity index (χ0v) is 13.2. The average Bonchev–Trinajstić information content (AvgIpc) is 2.59. The van der Waals surface area contributed by atoms with Crippen molar-refractivity contribution in [2.24, 2.45) is 0 Å². The molecule has 0 spiro atoms. The van der Waals surface area contributed by atoms with Crippen LogP contribution in [0.3, 0.4) is 0 Å². The van der Waals surface area contributed by atoms with Crippen LogP contribution in [-0.2, 0) is 6.61 Å². The van der Waals surface area contributed by atoms with E-state index in [1.54, 1.807) is 30.3 Å². The number of carbonyl (C=O) groups excluding carboxylic acids is 1. The quantitative estimate of drug-likeness (QED) is 0.305.